The highest BCUT2D eigenvalue weighted by Crippen LogP contribution is 2.35. The van der Waals surface area contributed by atoms with Gasteiger partial charge in [0.2, 0.25) is 5.91 Å². The summed E-state index contributed by atoms with van der Waals surface area (Å²) >= 11 is 0. The van der Waals surface area contributed by atoms with Crippen LogP contribution < -0.4 is 15.8 Å². The van der Waals surface area contributed by atoms with E-state index in [1.54, 1.807) is 24.3 Å². The van der Waals surface area contributed by atoms with Gasteiger partial charge in [-0.05, 0) is 49.1 Å². The van der Waals surface area contributed by atoms with Crippen LogP contribution in [0.3, 0.4) is 0 Å². The molecule has 2 aliphatic rings. The minimum atomic E-state index is -0.676. The number of carbonyl (C=O) groups excluding carboxylic acids is 2. The molecule has 30 heavy (non-hydrogen) atoms. The van der Waals surface area contributed by atoms with E-state index in [1.165, 1.54) is 0 Å². The summed E-state index contributed by atoms with van der Waals surface area (Å²) in [5.41, 5.74) is 2.23. The molecular weight excluding hydrogens is 380 g/mol. The molecule has 1 N–H and O–H groups in total. The van der Waals surface area contributed by atoms with Gasteiger partial charge in [0.05, 0.1) is 0 Å². The van der Waals surface area contributed by atoms with E-state index in [0.717, 1.165) is 43.4 Å². The summed E-state index contributed by atoms with van der Waals surface area (Å²) in [6.45, 7) is 0.677. The summed E-state index contributed by atoms with van der Waals surface area (Å²) in [7, 11) is 0. The van der Waals surface area contributed by atoms with E-state index in [0.29, 0.717) is 23.2 Å². The molecule has 0 saturated heterocycles. The van der Waals surface area contributed by atoms with E-state index in [9.17, 15) is 14.4 Å². The predicted octanol–water partition coefficient (Wildman–Crippen LogP) is 4.12. The lowest BCUT2D eigenvalue weighted by molar-refractivity contribution is -0.122. The van der Waals surface area contributed by atoms with Crippen molar-refractivity contribution < 1.29 is 14.0 Å². The second-order valence-electron chi connectivity index (χ2n) is 8.00. The van der Waals surface area contributed by atoms with Crippen LogP contribution in [0, 0.1) is 5.92 Å². The Hall–Kier alpha value is -3.41. The predicted molar refractivity (Wildman–Crippen MR) is 115 cm³/mol. The molecule has 0 spiro atoms. The number of carbonyl (C=O) groups is 2. The normalized spacial score (nSPS) is 16.1. The van der Waals surface area contributed by atoms with Crippen LogP contribution in [0.4, 0.5) is 11.4 Å². The zero-order chi connectivity index (χ0) is 20.7. The smallest absolute Gasteiger partial charge is 0.349 e. The summed E-state index contributed by atoms with van der Waals surface area (Å²) in [5.74, 6) is -0.234. The van der Waals surface area contributed by atoms with Gasteiger partial charge in [0, 0.05) is 29.2 Å². The molecule has 152 valence electrons. The molecule has 5 rings (SSSR count). The van der Waals surface area contributed by atoms with Gasteiger partial charge in [0.1, 0.15) is 11.1 Å². The van der Waals surface area contributed by atoms with E-state index in [1.807, 2.05) is 29.2 Å². The third-order valence-electron chi connectivity index (χ3n) is 6.10. The zero-order valence-corrected chi connectivity index (χ0v) is 16.5. The molecule has 2 heterocycles. The number of nitrogens with zero attached hydrogens (tertiary/aromatic N) is 1. The molecule has 0 unspecified atom stereocenters. The highest BCUT2D eigenvalue weighted by molar-refractivity contribution is 6.06. The number of anilines is 2. The Morgan fingerprint density at radius 2 is 1.83 bits per heavy atom. The van der Waals surface area contributed by atoms with Crippen LogP contribution in [0.2, 0.25) is 0 Å². The van der Waals surface area contributed by atoms with Crippen molar-refractivity contribution in [1.82, 2.24) is 0 Å². The fourth-order valence-electron chi connectivity index (χ4n) is 4.50. The first-order chi connectivity index (χ1) is 14.6. The van der Waals surface area contributed by atoms with Crippen molar-refractivity contribution in [1.29, 1.82) is 0 Å². The number of nitrogens with one attached hydrogen (secondary N) is 1. The number of rotatable bonds is 3. The maximum Gasteiger partial charge on any atom is 0.349 e. The van der Waals surface area contributed by atoms with E-state index in [4.69, 9.17) is 4.42 Å². The number of fused-ring (bicyclic) bond motifs is 2. The van der Waals surface area contributed by atoms with Gasteiger partial charge in [-0.25, -0.2) is 4.79 Å². The molecule has 0 atom stereocenters. The van der Waals surface area contributed by atoms with Gasteiger partial charge >= 0.3 is 5.63 Å². The van der Waals surface area contributed by atoms with Crippen LogP contribution in [0.1, 0.15) is 41.6 Å². The Bertz CT molecular complexity index is 1210. The molecule has 0 radical (unpaired) electrons. The number of hydrogen-bond acceptors (Lipinski definition) is 4. The van der Waals surface area contributed by atoms with Gasteiger partial charge in [-0.1, -0.05) is 37.1 Å². The number of amides is 2. The molecule has 1 saturated carbocycles. The number of para-hydroxylation sites is 1. The Labute approximate surface area is 173 Å². The molecule has 1 fully saturated rings. The second-order valence-corrected chi connectivity index (χ2v) is 8.00. The fraction of sp³-hybridized carbons (Fsp3) is 0.292. The molecule has 1 aromatic heterocycles. The van der Waals surface area contributed by atoms with Crippen LogP contribution in [0.5, 0.6) is 0 Å². The SMILES string of the molecule is O=C(Nc1ccc2c(c1)N(C(=O)C1CCCC1)CC2)c1cc2ccccc2oc1=O. The largest absolute Gasteiger partial charge is 0.422 e. The van der Waals surface area contributed by atoms with Gasteiger partial charge in [-0.2, -0.15) is 0 Å². The molecule has 6 heteroatoms. The highest BCUT2D eigenvalue weighted by atomic mass is 16.4. The molecule has 1 aliphatic heterocycles. The third-order valence-corrected chi connectivity index (χ3v) is 6.10. The van der Waals surface area contributed by atoms with Crippen molar-refractivity contribution in [3.05, 3.63) is 70.1 Å². The van der Waals surface area contributed by atoms with Crippen LogP contribution in [0.15, 0.2) is 57.7 Å². The van der Waals surface area contributed by atoms with E-state index >= 15 is 0 Å². The standard InChI is InChI=1S/C24H22N2O4/c27-22(19-13-17-7-3-4-8-21(17)30-24(19)29)25-18-10-9-15-11-12-26(20(15)14-18)23(28)16-5-1-2-6-16/h3-4,7-10,13-14,16H,1-2,5-6,11-12H2,(H,25,27). The van der Waals surface area contributed by atoms with Crippen molar-refractivity contribution in [2.75, 3.05) is 16.8 Å². The van der Waals surface area contributed by atoms with Crippen molar-refractivity contribution in [2.45, 2.75) is 32.1 Å². The lowest BCUT2D eigenvalue weighted by atomic mass is 10.1. The first kappa shape index (κ1) is 18.6. The van der Waals surface area contributed by atoms with Gasteiger partial charge < -0.3 is 14.6 Å². The highest BCUT2D eigenvalue weighted by Gasteiger charge is 2.32. The van der Waals surface area contributed by atoms with Crippen LogP contribution in [0.25, 0.3) is 11.0 Å². The molecule has 0 bridgehead atoms. The summed E-state index contributed by atoms with van der Waals surface area (Å²) in [5, 5.41) is 3.47. The molecule has 6 nitrogen and oxygen atoms in total. The topological polar surface area (TPSA) is 79.6 Å². The maximum atomic E-state index is 12.9. The molecular formula is C24H22N2O4. The van der Waals surface area contributed by atoms with Crippen molar-refractivity contribution >= 4 is 34.2 Å². The van der Waals surface area contributed by atoms with Crippen LogP contribution in [-0.2, 0) is 11.2 Å². The molecule has 1 aliphatic carbocycles. The first-order valence-corrected chi connectivity index (χ1v) is 10.4. The van der Waals surface area contributed by atoms with E-state index < -0.39 is 11.5 Å². The average Bonchev–Trinajstić information content (AvgIpc) is 3.42. The molecule has 2 amide bonds. The van der Waals surface area contributed by atoms with Crippen molar-refractivity contribution in [2.24, 2.45) is 5.92 Å². The van der Waals surface area contributed by atoms with E-state index in [2.05, 4.69) is 5.32 Å². The first-order valence-electron chi connectivity index (χ1n) is 10.4. The maximum absolute atomic E-state index is 12.9. The summed E-state index contributed by atoms with van der Waals surface area (Å²) in [6, 6.07) is 14.2. The molecule has 2 aromatic carbocycles. The van der Waals surface area contributed by atoms with Crippen LogP contribution >= 0.6 is 0 Å². The lowest BCUT2D eigenvalue weighted by Crippen LogP contribution is -2.33. The lowest BCUT2D eigenvalue weighted by Gasteiger charge is -2.21. The Morgan fingerprint density at radius 3 is 2.67 bits per heavy atom. The monoisotopic (exact) mass is 402 g/mol. The molecule has 3 aromatic rings. The Balaban J connectivity index is 1.40. The Kier molecular flexibility index (Phi) is 4.62. The van der Waals surface area contributed by atoms with Crippen molar-refractivity contribution in [3.8, 4) is 0 Å². The fourth-order valence-corrected chi connectivity index (χ4v) is 4.50. The number of hydrogen-bond donors (Lipinski definition) is 1. The van der Waals surface area contributed by atoms with Gasteiger partial charge in [0.15, 0.2) is 0 Å². The summed E-state index contributed by atoms with van der Waals surface area (Å²) in [4.78, 5) is 39.8. The van der Waals surface area contributed by atoms with Crippen LogP contribution in [-0.4, -0.2) is 18.4 Å². The zero-order valence-electron chi connectivity index (χ0n) is 16.5. The summed E-state index contributed by atoms with van der Waals surface area (Å²) in [6.07, 6.45) is 4.96. The van der Waals surface area contributed by atoms with Crippen molar-refractivity contribution in [3.63, 3.8) is 0 Å². The Morgan fingerprint density at radius 1 is 1.03 bits per heavy atom. The van der Waals surface area contributed by atoms with E-state index in [-0.39, 0.29) is 17.4 Å². The average molecular weight is 402 g/mol. The minimum Gasteiger partial charge on any atom is -0.422 e. The quantitative estimate of drug-likeness (QED) is 0.668. The third kappa shape index (κ3) is 3.28. The minimum absolute atomic E-state index is 0.0481. The summed E-state index contributed by atoms with van der Waals surface area (Å²) < 4.78 is 5.26. The van der Waals surface area contributed by atoms with Gasteiger partial charge in [-0.15, -0.1) is 0 Å². The second kappa shape index (κ2) is 7.44. The van der Waals surface area contributed by atoms with Gasteiger partial charge in [-0.3, -0.25) is 9.59 Å². The van der Waals surface area contributed by atoms with Gasteiger partial charge in [0.25, 0.3) is 5.91 Å². The number of benzene rings is 2.